The zero-order valence-corrected chi connectivity index (χ0v) is 15.6. The van der Waals surface area contributed by atoms with Crippen LogP contribution in [0.5, 0.6) is 0 Å². The molecule has 0 bridgehead atoms. The van der Waals surface area contributed by atoms with Crippen molar-refractivity contribution >= 4 is 28.1 Å². The highest BCUT2D eigenvalue weighted by Gasteiger charge is 2.12. The van der Waals surface area contributed by atoms with Gasteiger partial charge in [0.05, 0.1) is 11.4 Å². The van der Waals surface area contributed by atoms with E-state index in [1.165, 1.54) is 6.33 Å². The summed E-state index contributed by atoms with van der Waals surface area (Å²) in [5.74, 6) is 1.24. The minimum atomic E-state index is 0.512. The number of nitrogen functional groups attached to an aromatic ring is 1. The molecule has 0 fully saturated rings. The van der Waals surface area contributed by atoms with Crippen molar-refractivity contribution in [2.75, 3.05) is 11.1 Å². The highest BCUT2D eigenvalue weighted by atomic mass is 15.0. The minimum absolute atomic E-state index is 0.512. The van der Waals surface area contributed by atoms with Gasteiger partial charge in [-0.15, -0.1) is 0 Å². The van der Waals surface area contributed by atoms with Crippen molar-refractivity contribution in [2.45, 2.75) is 20.8 Å². The van der Waals surface area contributed by atoms with Gasteiger partial charge < -0.3 is 11.1 Å². The van der Waals surface area contributed by atoms with E-state index in [0.29, 0.717) is 5.82 Å². The predicted octanol–water partition coefficient (Wildman–Crippen LogP) is 4.75. The molecule has 1 aromatic carbocycles. The van der Waals surface area contributed by atoms with Gasteiger partial charge in [0.1, 0.15) is 18.0 Å². The van der Waals surface area contributed by atoms with E-state index in [1.54, 1.807) is 18.6 Å². The molecule has 6 nitrogen and oxygen atoms in total. The van der Waals surface area contributed by atoms with Crippen LogP contribution in [0.15, 0.2) is 61.3 Å². The van der Waals surface area contributed by atoms with E-state index in [1.807, 2.05) is 57.2 Å². The van der Waals surface area contributed by atoms with Gasteiger partial charge in [-0.25, -0.2) is 19.9 Å². The van der Waals surface area contributed by atoms with Crippen LogP contribution in [-0.2, 0) is 0 Å². The Kier molecular flexibility index (Phi) is 5.56. The molecule has 136 valence electrons. The molecule has 0 spiro atoms. The van der Waals surface area contributed by atoms with E-state index in [2.05, 4.69) is 25.3 Å². The number of benzene rings is 1. The van der Waals surface area contributed by atoms with Crippen molar-refractivity contribution < 1.29 is 0 Å². The molecule has 6 heteroatoms. The molecule has 0 unspecified atom stereocenters. The number of nitrogens with two attached hydrogens (primary N) is 1. The molecule has 0 saturated heterocycles. The highest BCUT2D eigenvalue weighted by Crippen LogP contribution is 2.34. The van der Waals surface area contributed by atoms with E-state index in [-0.39, 0.29) is 0 Å². The van der Waals surface area contributed by atoms with Gasteiger partial charge in [0.2, 0.25) is 0 Å². The van der Waals surface area contributed by atoms with Crippen LogP contribution >= 0.6 is 0 Å². The van der Waals surface area contributed by atoms with Gasteiger partial charge in [-0.05, 0) is 36.8 Å². The summed E-state index contributed by atoms with van der Waals surface area (Å²) in [7, 11) is 0. The summed E-state index contributed by atoms with van der Waals surface area (Å²) in [6, 6.07) is 11.7. The molecule has 0 amide bonds. The number of nitrogens with one attached hydrogen (secondary N) is 1. The summed E-state index contributed by atoms with van der Waals surface area (Å²) in [4.78, 5) is 17.0. The third kappa shape index (κ3) is 3.69. The van der Waals surface area contributed by atoms with Crippen LogP contribution in [0.2, 0.25) is 0 Å². The lowest BCUT2D eigenvalue weighted by Gasteiger charge is -2.15. The fraction of sp³-hybridized carbons (Fsp3) is 0.143. The van der Waals surface area contributed by atoms with Gasteiger partial charge in [0.25, 0.3) is 0 Å². The van der Waals surface area contributed by atoms with Crippen LogP contribution in [-0.4, -0.2) is 19.9 Å². The van der Waals surface area contributed by atoms with Crippen molar-refractivity contribution in [1.29, 1.82) is 0 Å². The number of nitrogens with zero attached hydrogens (tertiary/aromatic N) is 4. The second-order valence-electron chi connectivity index (χ2n) is 5.67. The second-order valence-corrected chi connectivity index (χ2v) is 5.67. The first-order chi connectivity index (χ1) is 13.2. The van der Waals surface area contributed by atoms with Crippen LogP contribution < -0.4 is 11.1 Å². The molecule has 3 N–H and O–H groups in total. The first-order valence-electron chi connectivity index (χ1n) is 8.86. The summed E-state index contributed by atoms with van der Waals surface area (Å²) in [6.07, 6.45) is 6.71. The summed E-state index contributed by atoms with van der Waals surface area (Å²) in [6.45, 7) is 6.05. The molecule has 0 saturated carbocycles. The van der Waals surface area contributed by atoms with Crippen molar-refractivity contribution in [3.63, 3.8) is 0 Å². The van der Waals surface area contributed by atoms with Crippen LogP contribution in [0, 0.1) is 6.92 Å². The molecule has 27 heavy (non-hydrogen) atoms. The smallest absolute Gasteiger partial charge is 0.139 e. The maximum Gasteiger partial charge on any atom is 0.139 e. The fourth-order valence-electron chi connectivity index (χ4n) is 2.83. The van der Waals surface area contributed by atoms with Crippen molar-refractivity contribution in [3.8, 4) is 11.3 Å². The Balaban J connectivity index is 0.00000102. The van der Waals surface area contributed by atoms with Gasteiger partial charge >= 0.3 is 0 Å². The maximum absolute atomic E-state index is 6.02. The summed E-state index contributed by atoms with van der Waals surface area (Å²) in [5, 5.41) is 5.37. The zero-order valence-electron chi connectivity index (χ0n) is 15.6. The Bertz CT molecular complexity index is 1050. The third-order valence-corrected chi connectivity index (χ3v) is 4.09. The first-order valence-corrected chi connectivity index (χ1v) is 8.86. The van der Waals surface area contributed by atoms with E-state index >= 15 is 0 Å². The molecular formula is C21H22N6. The summed E-state index contributed by atoms with van der Waals surface area (Å²) in [5.41, 5.74) is 9.79. The average molecular weight is 358 g/mol. The second kappa shape index (κ2) is 8.23. The number of aryl methyl sites for hydroxylation is 1. The number of aromatic nitrogens is 4. The Morgan fingerprint density at radius 3 is 2.48 bits per heavy atom. The summed E-state index contributed by atoms with van der Waals surface area (Å²) >= 11 is 0. The van der Waals surface area contributed by atoms with Crippen molar-refractivity contribution in [3.05, 3.63) is 66.9 Å². The van der Waals surface area contributed by atoms with E-state index in [9.17, 15) is 0 Å². The Morgan fingerprint density at radius 1 is 0.852 bits per heavy atom. The molecule has 0 radical (unpaired) electrons. The fourth-order valence-corrected chi connectivity index (χ4v) is 2.83. The number of fused-ring (bicyclic) bond motifs is 1. The number of hydrogen-bond donors (Lipinski definition) is 2. The Labute approximate surface area is 158 Å². The molecule has 0 aliphatic heterocycles. The molecule has 0 atom stereocenters. The van der Waals surface area contributed by atoms with E-state index in [4.69, 9.17) is 5.73 Å². The molecule has 0 aliphatic carbocycles. The number of anilines is 3. The first kappa shape index (κ1) is 18.3. The number of pyridine rings is 2. The normalized spacial score (nSPS) is 10.2. The average Bonchev–Trinajstić information content (AvgIpc) is 2.73. The molecule has 0 aliphatic rings. The third-order valence-electron chi connectivity index (χ3n) is 4.09. The van der Waals surface area contributed by atoms with Crippen LogP contribution in [0.1, 0.15) is 19.4 Å². The lowest BCUT2D eigenvalue weighted by atomic mass is 10.1. The van der Waals surface area contributed by atoms with Gasteiger partial charge in [-0.1, -0.05) is 26.0 Å². The largest absolute Gasteiger partial charge is 0.383 e. The molecule has 3 heterocycles. The van der Waals surface area contributed by atoms with Gasteiger partial charge in [-0.2, -0.15) is 0 Å². The topological polar surface area (TPSA) is 89.6 Å². The Morgan fingerprint density at radius 2 is 1.70 bits per heavy atom. The monoisotopic (exact) mass is 358 g/mol. The standard InChI is InChI=1S/C19H16N6.C2H6/c1-12-4-5-14-13(6-10-22-18(14)20)17(12)25-19-15(3-2-8-23-19)16-7-9-21-11-24-16;1-2/h2-11H,1H3,(H2,20,22)(H,23,25);1-2H3. The van der Waals surface area contributed by atoms with Gasteiger partial charge in [0.15, 0.2) is 0 Å². The molecule has 4 rings (SSSR count). The van der Waals surface area contributed by atoms with Crippen molar-refractivity contribution in [2.24, 2.45) is 0 Å². The van der Waals surface area contributed by atoms with Crippen molar-refractivity contribution in [1.82, 2.24) is 19.9 Å². The van der Waals surface area contributed by atoms with Crippen LogP contribution in [0.4, 0.5) is 17.3 Å². The minimum Gasteiger partial charge on any atom is -0.383 e. The van der Waals surface area contributed by atoms with E-state index < -0.39 is 0 Å². The Hall–Kier alpha value is -3.54. The van der Waals surface area contributed by atoms with Gasteiger partial charge in [-0.3, -0.25) is 0 Å². The molecule has 4 aromatic rings. The van der Waals surface area contributed by atoms with E-state index in [0.717, 1.165) is 39.1 Å². The molecule has 3 aromatic heterocycles. The quantitative estimate of drug-likeness (QED) is 0.549. The number of hydrogen-bond acceptors (Lipinski definition) is 6. The predicted molar refractivity (Wildman–Crippen MR) is 111 cm³/mol. The van der Waals surface area contributed by atoms with Crippen LogP contribution in [0.3, 0.4) is 0 Å². The van der Waals surface area contributed by atoms with Gasteiger partial charge in [0, 0.05) is 34.9 Å². The van der Waals surface area contributed by atoms with Crippen LogP contribution in [0.25, 0.3) is 22.0 Å². The SMILES string of the molecule is CC.Cc1ccc2c(N)nccc2c1Nc1ncccc1-c1ccncn1. The summed E-state index contributed by atoms with van der Waals surface area (Å²) < 4.78 is 0. The highest BCUT2D eigenvalue weighted by molar-refractivity contribution is 6.02. The lowest BCUT2D eigenvalue weighted by molar-refractivity contribution is 1.17. The molecular weight excluding hydrogens is 336 g/mol. The maximum atomic E-state index is 6.02. The lowest BCUT2D eigenvalue weighted by Crippen LogP contribution is -2.01. The number of rotatable bonds is 3. The zero-order chi connectivity index (χ0) is 19.2.